The van der Waals surface area contributed by atoms with Gasteiger partial charge < -0.3 is 9.72 Å². The standard InChI is InChI=1S/C8H8N4O/c1-13-8-6(9-2-5-12-8)7-10-3-4-11-7/h2-5H,1H3,(H,10,11). The van der Waals surface area contributed by atoms with Crippen molar-refractivity contribution in [2.24, 2.45) is 0 Å². The second kappa shape index (κ2) is 3.22. The largest absolute Gasteiger partial charge is 0.479 e. The zero-order valence-corrected chi connectivity index (χ0v) is 7.06. The topological polar surface area (TPSA) is 63.7 Å². The number of H-pyrrole nitrogens is 1. The molecule has 5 heteroatoms. The first-order valence-corrected chi connectivity index (χ1v) is 3.76. The Morgan fingerprint density at radius 3 is 2.69 bits per heavy atom. The highest BCUT2D eigenvalue weighted by atomic mass is 16.5. The Morgan fingerprint density at radius 1 is 1.15 bits per heavy atom. The molecule has 0 saturated heterocycles. The van der Waals surface area contributed by atoms with Gasteiger partial charge in [0.25, 0.3) is 0 Å². The van der Waals surface area contributed by atoms with E-state index in [9.17, 15) is 0 Å². The fourth-order valence-electron chi connectivity index (χ4n) is 1.03. The highest BCUT2D eigenvalue weighted by Crippen LogP contribution is 2.20. The van der Waals surface area contributed by atoms with Crippen LogP contribution in [-0.4, -0.2) is 27.0 Å². The van der Waals surface area contributed by atoms with Gasteiger partial charge in [0.1, 0.15) is 0 Å². The molecule has 0 aliphatic heterocycles. The van der Waals surface area contributed by atoms with Gasteiger partial charge >= 0.3 is 0 Å². The van der Waals surface area contributed by atoms with E-state index in [-0.39, 0.29) is 0 Å². The number of nitrogens with one attached hydrogen (secondary N) is 1. The third kappa shape index (κ3) is 1.35. The molecule has 0 fully saturated rings. The number of aromatic amines is 1. The van der Waals surface area contributed by atoms with Crippen molar-refractivity contribution in [2.45, 2.75) is 0 Å². The maximum Gasteiger partial charge on any atom is 0.243 e. The Morgan fingerprint density at radius 2 is 2.00 bits per heavy atom. The summed E-state index contributed by atoms with van der Waals surface area (Å²) < 4.78 is 5.04. The van der Waals surface area contributed by atoms with Crippen LogP contribution in [0, 0.1) is 0 Å². The Bertz CT molecular complexity index is 385. The van der Waals surface area contributed by atoms with Crippen LogP contribution in [-0.2, 0) is 0 Å². The van der Waals surface area contributed by atoms with E-state index in [1.54, 1.807) is 31.9 Å². The minimum absolute atomic E-state index is 0.470. The molecule has 0 unspecified atom stereocenters. The zero-order chi connectivity index (χ0) is 9.10. The summed E-state index contributed by atoms with van der Waals surface area (Å²) in [5.41, 5.74) is 0.620. The van der Waals surface area contributed by atoms with Crippen molar-refractivity contribution < 1.29 is 4.74 Å². The summed E-state index contributed by atoms with van der Waals surface area (Å²) in [6, 6.07) is 0. The molecule has 0 saturated carbocycles. The minimum Gasteiger partial charge on any atom is -0.479 e. The minimum atomic E-state index is 0.470. The van der Waals surface area contributed by atoms with Crippen LogP contribution < -0.4 is 4.74 Å². The summed E-state index contributed by atoms with van der Waals surface area (Å²) in [4.78, 5) is 15.1. The third-order valence-corrected chi connectivity index (χ3v) is 1.58. The molecule has 66 valence electrons. The quantitative estimate of drug-likeness (QED) is 0.737. The van der Waals surface area contributed by atoms with Crippen molar-refractivity contribution in [2.75, 3.05) is 7.11 Å². The van der Waals surface area contributed by atoms with Gasteiger partial charge in [0.15, 0.2) is 11.5 Å². The summed E-state index contributed by atoms with van der Waals surface area (Å²) in [6.45, 7) is 0. The van der Waals surface area contributed by atoms with Gasteiger partial charge in [-0.05, 0) is 0 Å². The fraction of sp³-hybridized carbons (Fsp3) is 0.125. The smallest absolute Gasteiger partial charge is 0.243 e. The maximum atomic E-state index is 5.04. The Balaban J connectivity index is 2.51. The summed E-state index contributed by atoms with van der Waals surface area (Å²) in [5, 5.41) is 0. The van der Waals surface area contributed by atoms with Crippen molar-refractivity contribution in [3.05, 3.63) is 24.8 Å². The van der Waals surface area contributed by atoms with Gasteiger partial charge in [-0.15, -0.1) is 0 Å². The molecule has 2 aromatic heterocycles. The lowest BCUT2D eigenvalue weighted by Gasteiger charge is -2.01. The molecule has 0 atom stereocenters. The van der Waals surface area contributed by atoms with Gasteiger partial charge in [-0.1, -0.05) is 0 Å². The fourth-order valence-corrected chi connectivity index (χ4v) is 1.03. The number of hydrogen-bond acceptors (Lipinski definition) is 4. The van der Waals surface area contributed by atoms with Gasteiger partial charge in [0.05, 0.1) is 7.11 Å². The van der Waals surface area contributed by atoms with E-state index in [1.165, 1.54) is 0 Å². The van der Waals surface area contributed by atoms with E-state index in [1.807, 2.05) is 0 Å². The molecule has 0 amide bonds. The van der Waals surface area contributed by atoms with E-state index in [0.717, 1.165) is 0 Å². The Kier molecular flexibility index (Phi) is 1.91. The molecule has 0 radical (unpaired) electrons. The Labute approximate surface area is 74.8 Å². The van der Waals surface area contributed by atoms with Crippen molar-refractivity contribution in [3.8, 4) is 17.4 Å². The Hall–Kier alpha value is -1.91. The molecule has 0 aliphatic rings. The molecule has 0 aliphatic carbocycles. The highest BCUT2D eigenvalue weighted by molar-refractivity contribution is 5.55. The second-order valence-corrected chi connectivity index (χ2v) is 2.35. The van der Waals surface area contributed by atoms with Crippen molar-refractivity contribution in [3.63, 3.8) is 0 Å². The van der Waals surface area contributed by atoms with Gasteiger partial charge in [0.2, 0.25) is 5.88 Å². The molecule has 5 nitrogen and oxygen atoms in total. The SMILES string of the molecule is COc1nccnc1-c1ncc[nH]1. The lowest BCUT2D eigenvalue weighted by atomic mass is 10.4. The van der Waals surface area contributed by atoms with Crippen LogP contribution in [0.3, 0.4) is 0 Å². The van der Waals surface area contributed by atoms with Crippen molar-refractivity contribution >= 4 is 0 Å². The van der Waals surface area contributed by atoms with Crippen LogP contribution in [0.25, 0.3) is 11.5 Å². The molecule has 0 aromatic carbocycles. The molecule has 0 spiro atoms. The normalized spacial score (nSPS) is 9.92. The van der Waals surface area contributed by atoms with E-state index < -0.39 is 0 Å². The molecule has 2 rings (SSSR count). The first-order valence-electron chi connectivity index (χ1n) is 3.76. The summed E-state index contributed by atoms with van der Waals surface area (Å²) in [7, 11) is 1.55. The van der Waals surface area contributed by atoms with E-state index in [2.05, 4.69) is 19.9 Å². The first-order chi connectivity index (χ1) is 6.42. The molecular formula is C8H8N4O. The van der Waals surface area contributed by atoms with Crippen molar-refractivity contribution in [1.82, 2.24) is 19.9 Å². The molecule has 2 aromatic rings. The van der Waals surface area contributed by atoms with Crippen LogP contribution in [0.4, 0.5) is 0 Å². The van der Waals surface area contributed by atoms with Crippen LogP contribution in [0.2, 0.25) is 0 Å². The summed E-state index contributed by atoms with van der Waals surface area (Å²) in [6.07, 6.45) is 6.55. The van der Waals surface area contributed by atoms with Crippen molar-refractivity contribution in [1.29, 1.82) is 0 Å². The average molecular weight is 176 g/mol. The monoisotopic (exact) mass is 176 g/mol. The van der Waals surface area contributed by atoms with Gasteiger partial charge in [-0.2, -0.15) is 0 Å². The van der Waals surface area contributed by atoms with Gasteiger partial charge in [-0.3, -0.25) is 0 Å². The highest BCUT2D eigenvalue weighted by Gasteiger charge is 2.08. The zero-order valence-electron chi connectivity index (χ0n) is 7.06. The number of methoxy groups -OCH3 is 1. The number of aromatic nitrogens is 4. The van der Waals surface area contributed by atoms with Crippen LogP contribution >= 0.6 is 0 Å². The summed E-state index contributed by atoms with van der Waals surface area (Å²) in [5.74, 6) is 1.13. The average Bonchev–Trinajstić information content (AvgIpc) is 2.70. The van der Waals surface area contributed by atoms with Gasteiger partial charge in [0, 0.05) is 24.8 Å². The molecule has 2 heterocycles. The van der Waals surface area contributed by atoms with E-state index >= 15 is 0 Å². The molecular weight excluding hydrogens is 168 g/mol. The number of hydrogen-bond donors (Lipinski definition) is 1. The number of imidazole rings is 1. The molecule has 0 bridgehead atoms. The second-order valence-electron chi connectivity index (χ2n) is 2.35. The van der Waals surface area contributed by atoms with Gasteiger partial charge in [-0.25, -0.2) is 15.0 Å². The van der Waals surface area contributed by atoms with E-state index in [4.69, 9.17) is 4.74 Å². The predicted octanol–water partition coefficient (Wildman–Crippen LogP) is 0.875. The number of rotatable bonds is 2. The van der Waals surface area contributed by atoms with E-state index in [0.29, 0.717) is 17.4 Å². The lowest BCUT2D eigenvalue weighted by Crippen LogP contribution is -1.94. The lowest BCUT2D eigenvalue weighted by molar-refractivity contribution is 0.397. The molecule has 13 heavy (non-hydrogen) atoms. The third-order valence-electron chi connectivity index (χ3n) is 1.58. The number of nitrogens with zero attached hydrogens (tertiary/aromatic N) is 3. The predicted molar refractivity (Wildman–Crippen MR) is 46.2 cm³/mol. The maximum absolute atomic E-state index is 5.04. The molecule has 1 N–H and O–H groups in total. The first kappa shape index (κ1) is 7.72. The van der Waals surface area contributed by atoms with Crippen LogP contribution in [0.5, 0.6) is 5.88 Å². The number of ether oxygens (including phenoxy) is 1. The van der Waals surface area contributed by atoms with Crippen LogP contribution in [0.15, 0.2) is 24.8 Å². The van der Waals surface area contributed by atoms with Crippen LogP contribution in [0.1, 0.15) is 0 Å². The summed E-state index contributed by atoms with van der Waals surface area (Å²) >= 11 is 0.